The Morgan fingerprint density at radius 1 is 1.00 bits per heavy atom. The first-order chi connectivity index (χ1) is 15.1. The Bertz CT molecular complexity index is 911. The number of hydrogen-bond donors (Lipinski definition) is 3. The highest BCUT2D eigenvalue weighted by Crippen LogP contribution is 2.38. The van der Waals surface area contributed by atoms with Gasteiger partial charge in [-0.1, -0.05) is 18.2 Å². The molecule has 3 N–H and O–H groups in total. The zero-order valence-corrected chi connectivity index (χ0v) is 18.2. The van der Waals surface area contributed by atoms with Gasteiger partial charge in [-0.15, -0.1) is 0 Å². The average molecular weight is 429 g/mol. The Balaban J connectivity index is 1.64. The van der Waals surface area contributed by atoms with Gasteiger partial charge in [-0.05, 0) is 65.6 Å². The molecule has 0 radical (unpaired) electrons. The predicted molar refractivity (Wildman–Crippen MR) is 117 cm³/mol. The Kier molecular flexibility index (Phi) is 6.82. The van der Waals surface area contributed by atoms with E-state index in [0.717, 1.165) is 36.8 Å². The van der Waals surface area contributed by atoms with E-state index < -0.39 is 18.1 Å². The molecule has 0 spiro atoms. The van der Waals surface area contributed by atoms with E-state index in [9.17, 15) is 15.3 Å². The van der Waals surface area contributed by atoms with E-state index in [0.29, 0.717) is 17.9 Å². The van der Waals surface area contributed by atoms with Gasteiger partial charge in [0, 0.05) is 12.3 Å². The molecule has 168 valence electrons. The molecule has 6 heteroatoms. The van der Waals surface area contributed by atoms with Crippen LogP contribution in [0.2, 0.25) is 0 Å². The summed E-state index contributed by atoms with van der Waals surface area (Å²) >= 11 is 0. The van der Waals surface area contributed by atoms with Crippen LogP contribution in [-0.4, -0.2) is 55.0 Å². The van der Waals surface area contributed by atoms with Crippen LogP contribution in [-0.2, 0) is 24.0 Å². The Labute approximate surface area is 183 Å². The molecule has 6 nitrogen and oxygen atoms in total. The summed E-state index contributed by atoms with van der Waals surface area (Å²) in [6, 6.07) is 10.4. The predicted octanol–water partition coefficient (Wildman–Crippen LogP) is 2.58. The third-order valence-electron chi connectivity index (χ3n) is 6.70. The van der Waals surface area contributed by atoms with Crippen LogP contribution >= 0.6 is 0 Å². The number of methoxy groups -OCH3 is 2. The molecule has 0 aromatic heterocycles. The van der Waals surface area contributed by atoms with Crippen molar-refractivity contribution in [2.24, 2.45) is 5.92 Å². The fraction of sp³-hybridized carbons (Fsp3) is 0.520. The van der Waals surface area contributed by atoms with Crippen LogP contribution in [0.1, 0.15) is 46.8 Å². The van der Waals surface area contributed by atoms with Crippen molar-refractivity contribution < 1.29 is 29.5 Å². The maximum absolute atomic E-state index is 10.5. The van der Waals surface area contributed by atoms with Gasteiger partial charge in [0.25, 0.3) is 0 Å². The molecule has 1 saturated heterocycles. The SMILES string of the molecule is COc1ccc(Cc2cc(C3CC(O)C(CO)C(CO)O3)cc3c2CCC3)cc1OC. The quantitative estimate of drug-likeness (QED) is 0.628. The molecule has 4 atom stereocenters. The van der Waals surface area contributed by atoms with Crippen molar-refractivity contribution in [2.75, 3.05) is 27.4 Å². The van der Waals surface area contributed by atoms with Crippen molar-refractivity contribution in [1.29, 1.82) is 0 Å². The van der Waals surface area contributed by atoms with Gasteiger partial charge in [-0.3, -0.25) is 0 Å². The van der Waals surface area contributed by atoms with E-state index in [1.54, 1.807) is 14.2 Å². The maximum atomic E-state index is 10.5. The average Bonchev–Trinajstić information content (AvgIpc) is 3.27. The first-order valence-electron chi connectivity index (χ1n) is 11.0. The van der Waals surface area contributed by atoms with E-state index in [-0.39, 0.29) is 19.3 Å². The topological polar surface area (TPSA) is 88.4 Å². The third-order valence-corrected chi connectivity index (χ3v) is 6.70. The van der Waals surface area contributed by atoms with Crippen LogP contribution in [0.15, 0.2) is 30.3 Å². The minimum atomic E-state index is -0.705. The zero-order chi connectivity index (χ0) is 22.0. The van der Waals surface area contributed by atoms with Gasteiger partial charge in [0.05, 0.1) is 45.7 Å². The van der Waals surface area contributed by atoms with Gasteiger partial charge in [-0.25, -0.2) is 0 Å². The highest BCUT2D eigenvalue weighted by atomic mass is 16.5. The molecule has 0 bridgehead atoms. The molecule has 4 rings (SSSR count). The van der Waals surface area contributed by atoms with Crippen LogP contribution in [0.3, 0.4) is 0 Å². The summed E-state index contributed by atoms with van der Waals surface area (Å²) in [7, 11) is 3.27. The second-order valence-electron chi connectivity index (χ2n) is 8.53. The summed E-state index contributed by atoms with van der Waals surface area (Å²) in [5.74, 6) is 0.970. The van der Waals surface area contributed by atoms with E-state index >= 15 is 0 Å². The fourth-order valence-corrected chi connectivity index (χ4v) is 5.02. The monoisotopic (exact) mass is 428 g/mol. The number of aryl methyl sites for hydroxylation is 1. The van der Waals surface area contributed by atoms with E-state index in [1.165, 1.54) is 16.7 Å². The van der Waals surface area contributed by atoms with Gasteiger partial charge in [-0.2, -0.15) is 0 Å². The molecule has 1 heterocycles. The van der Waals surface area contributed by atoms with Crippen molar-refractivity contribution in [3.05, 3.63) is 58.1 Å². The molecule has 0 saturated carbocycles. The number of rotatable bonds is 7. The lowest BCUT2D eigenvalue weighted by atomic mass is 9.85. The van der Waals surface area contributed by atoms with Crippen molar-refractivity contribution in [2.45, 2.75) is 50.4 Å². The molecule has 1 aliphatic carbocycles. The van der Waals surface area contributed by atoms with Crippen LogP contribution in [0.4, 0.5) is 0 Å². The Hall–Kier alpha value is -2.12. The van der Waals surface area contributed by atoms with Gasteiger partial charge < -0.3 is 29.5 Å². The second-order valence-corrected chi connectivity index (χ2v) is 8.53. The number of fused-ring (bicyclic) bond motifs is 1. The number of benzene rings is 2. The number of aliphatic hydroxyl groups is 3. The summed E-state index contributed by atoms with van der Waals surface area (Å²) in [5, 5.41) is 29.8. The van der Waals surface area contributed by atoms with Crippen molar-refractivity contribution >= 4 is 0 Å². The minimum Gasteiger partial charge on any atom is -0.493 e. The van der Waals surface area contributed by atoms with Gasteiger partial charge >= 0.3 is 0 Å². The van der Waals surface area contributed by atoms with Crippen molar-refractivity contribution in [3.63, 3.8) is 0 Å². The summed E-state index contributed by atoms with van der Waals surface area (Å²) in [5.41, 5.74) is 6.19. The Morgan fingerprint density at radius 2 is 1.81 bits per heavy atom. The van der Waals surface area contributed by atoms with Crippen molar-refractivity contribution in [1.82, 2.24) is 0 Å². The fourth-order valence-electron chi connectivity index (χ4n) is 5.02. The molecule has 31 heavy (non-hydrogen) atoms. The maximum Gasteiger partial charge on any atom is 0.160 e. The largest absolute Gasteiger partial charge is 0.493 e. The van der Waals surface area contributed by atoms with E-state index in [4.69, 9.17) is 14.2 Å². The number of aliphatic hydroxyl groups excluding tert-OH is 3. The molecule has 2 aliphatic rings. The standard InChI is InChI=1S/C25H32O6/c1-29-22-7-6-15(9-24(22)30-2)8-17-11-18(10-16-4-3-5-19(16)17)23-12-21(28)20(13-26)25(14-27)31-23/h6-7,9-11,20-21,23,25-28H,3-5,8,12-14H2,1-2H3. The zero-order valence-electron chi connectivity index (χ0n) is 18.2. The molecule has 1 aliphatic heterocycles. The first-order valence-corrected chi connectivity index (χ1v) is 11.0. The van der Waals surface area contributed by atoms with E-state index in [1.807, 2.05) is 12.1 Å². The summed E-state index contributed by atoms with van der Waals surface area (Å²) in [6.45, 7) is -0.421. The molecular formula is C25H32O6. The second kappa shape index (κ2) is 9.57. The lowest BCUT2D eigenvalue weighted by molar-refractivity contribution is -0.161. The van der Waals surface area contributed by atoms with Gasteiger partial charge in [0.15, 0.2) is 11.5 Å². The summed E-state index contributed by atoms with van der Waals surface area (Å²) < 4.78 is 16.9. The van der Waals surface area contributed by atoms with Gasteiger partial charge in [0.1, 0.15) is 0 Å². The van der Waals surface area contributed by atoms with Crippen LogP contribution < -0.4 is 9.47 Å². The normalized spacial score (nSPS) is 25.3. The number of ether oxygens (including phenoxy) is 3. The molecule has 2 aromatic carbocycles. The van der Waals surface area contributed by atoms with Crippen LogP contribution in [0.5, 0.6) is 11.5 Å². The molecule has 2 aromatic rings. The molecule has 0 amide bonds. The van der Waals surface area contributed by atoms with Crippen LogP contribution in [0.25, 0.3) is 0 Å². The Morgan fingerprint density at radius 3 is 2.52 bits per heavy atom. The van der Waals surface area contributed by atoms with E-state index in [2.05, 4.69) is 18.2 Å². The summed E-state index contributed by atoms with van der Waals surface area (Å²) in [6.07, 6.45) is 2.86. The molecular weight excluding hydrogens is 396 g/mol. The third kappa shape index (κ3) is 4.44. The summed E-state index contributed by atoms with van der Waals surface area (Å²) in [4.78, 5) is 0. The number of hydrogen-bond acceptors (Lipinski definition) is 6. The molecule has 4 unspecified atom stereocenters. The lowest BCUT2D eigenvalue weighted by Gasteiger charge is -2.38. The highest BCUT2D eigenvalue weighted by Gasteiger charge is 2.38. The first kappa shape index (κ1) is 22.1. The highest BCUT2D eigenvalue weighted by molar-refractivity contribution is 5.48. The van der Waals surface area contributed by atoms with Gasteiger partial charge in [0.2, 0.25) is 0 Å². The minimum absolute atomic E-state index is 0.201. The molecule has 1 fully saturated rings. The lowest BCUT2D eigenvalue weighted by Crippen LogP contribution is -2.45. The van der Waals surface area contributed by atoms with Crippen molar-refractivity contribution in [3.8, 4) is 11.5 Å². The van der Waals surface area contributed by atoms with Crippen LogP contribution in [0, 0.1) is 5.92 Å². The smallest absolute Gasteiger partial charge is 0.160 e.